The minimum atomic E-state index is -0.380. The molecular formula is C14H14O4. The van der Waals surface area contributed by atoms with E-state index in [9.17, 15) is 14.7 Å². The van der Waals surface area contributed by atoms with E-state index < -0.39 is 0 Å². The number of benzene rings is 1. The molecule has 0 unspecified atom stereocenters. The SMILES string of the molecule is CCOC(=O)CC#Cc1ccc(C(C)=O)c(O)c1. The largest absolute Gasteiger partial charge is 0.507 e. The summed E-state index contributed by atoms with van der Waals surface area (Å²) in [6.45, 7) is 3.43. The minimum absolute atomic E-state index is 0.00304. The number of rotatable bonds is 3. The second-order valence-electron chi connectivity index (χ2n) is 3.57. The Kier molecular flexibility index (Phi) is 4.94. The number of phenols is 1. The lowest BCUT2D eigenvalue weighted by atomic mass is 10.1. The summed E-state index contributed by atoms with van der Waals surface area (Å²) in [5.74, 6) is 4.66. The van der Waals surface area contributed by atoms with Crippen LogP contribution in [-0.2, 0) is 9.53 Å². The zero-order valence-electron chi connectivity index (χ0n) is 10.3. The molecule has 0 radical (unpaired) electrons. The smallest absolute Gasteiger partial charge is 0.317 e. The van der Waals surface area contributed by atoms with Crippen LogP contribution < -0.4 is 0 Å². The van der Waals surface area contributed by atoms with Gasteiger partial charge in [-0.1, -0.05) is 11.8 Å². The number of carbonyl (C=O) groups excluding carboxylic acids is 2. The molecule has 0 fully saturated rings. The predicted molar refractivity (Wildman–Crippen MR) is 66.2 cm³/mol. The zero-order valence-corrected chi connectivity index (χ0v) is 10.3. The normalized spacial score (nSPS) is 9.22. The van der Waals surface area contributed by atoms with Crippen LogP contribution in [0.25, 0.3) is 0 Å². The number of ketones is 1. The van der Waals surface area contributed by atoms with Gasteiger partial charge in [-0.15, -0.1) is 0 Å². The molecule has 0 amide bonds. The zero-order chi connectivity index (χ0) is 13.5. The van der Waals surface area contributed by atoms with Gasteiger partial charge < -0.3 is 9.84 Å². The summed E-state index contributed by atoms with van der Waals surface area (Å²) in [6, 6.07) is 4.52. The summed E-state index contributed by atoms with van der Waals surface area (Å²) < 4.78 is 4.72. The van der Waals surface area contributed by atoms with Crippen molar-refractivity contribution in [3.8, 4) is 17.6 Å². The summed E-state index contributed by atoms with van der Waals surface area (Å²) in [5, 5.41) is 9.57. The Labute approximate surface area is 106 Å². The maximum atomic E-state index is 11.1. The maximum absolute atomic E-state index is 11.1. The average molecular weight is 246 g/mol. The van der Waals surface area contributed by atoms with E-state index in [-0.39, 0.29) is 29.5 Å². The van der Waals surface area contributed by atoms with E-state index in [4.69, 9.17) is 4.74 Å². The Morgan fingerprint density at radius 2 is 2.11 bits per heavy atom. The molecule has 94 valence electrons. The van der Waals surface area contributed by atoms with Crippen molar-refractivity contribution < 1.29 is 19.4 Å². The number of Topliss-reactive ketones (excluding diaryl/α,β-unsaturated/α-hetero) is 1. The third-order valence-electron chi connectivity index (χ3n) is 2.15. The van der Waals surface area contributed by atoms with Gasteiger partial charge in [0.25, 0.3) is 0 Å². The van der Waals surface area contributed by atoms with Gasteiger partial charge in [0.15, 0.2) is 5.78 Å². The van der Waals surface area contributed by atoms with Crippen molar-refractivity contribution in [3.05, 3.63) is 29.3 Å². The average Bonchev–Trinajstić information content (AvgIpc) is 2.29. The van der Waals surface area contributed by atoms with Crippen molar-refractivity contribution in [3.63, 3.8) is 0 Å². The van der Waals surface area contributed by atoms with Crippen LogP contribution in [0.4, 0.5) is 0 Å². The van der Waals surface area contributed by atoms with Gasteiger partial charge in [0, 0.05) is 5.56 Å². The number of hydrogen-bond donors (Lipinski definition) is 1. The van der Waals surface area contributed by atoms with E-state index in [1.54, 1.807) is 13.0 Å². The van der Waals surface area contributed by atoms with Crippen LogP contribution in [0.3, 0.4) is 0 Å². The van der Waals surface area contributed by atoms with Crippen LogP contribution in [0.1, 0.15) is 36.2 Å². The highest BCUT2D eigenvalue weighted by Gasteiger charge is 2.05. The fraction of sp³-hybridized carbons (Fsp3) is 0.286. The molecular weight excluding hydrogens is 232 g/mol. The highest BCUT2D eigenvalue weighted by atomic mass is 16.5. The topological polar surface area (TPSA) is 63.6 Å². The first-order valence-corrected chi connectivity index (χ1v) is 5.53. The van der Waals surface area contributed by atoms with Crippen LogP contribution in [0, 0.1) is 11.8 Å². The van der Waals surface area contributed by atoms with E-state index in [0.717, 1.165) is 0 Å². The van der Waals surface area contributed by atoms with Gasteiger partial charge in [0.1, 0.15) is 12.2 Å². The van der Waals surface area contributed by atoms with E-state index in [0.29, 0.717) is 12.2 Å². The van der Waals surface area contributed by atoms with Gasteiger partial charge in [-0.25, -0.2) is 0 Å². The molecule has 4 nitrogen and oxygen atoms in total. The molecule has 0 aromatic heterocycles. The Balaban J connectivity index is 2.75. The lowest BCUT2D eigenvalue weighted by molar-refractivity contribution is -0.141. The van der Waals surface area contributed by atoms with Crippen LogP contribution in [0.5, 0.6) is 5.75 Å². The molecule has 0 saturated heterocycles. The number of esters is 1. The number of aromatic hydroxyl groups is 1. The number of ether oxygens (including phenoxy) is 1. The fourth-order valence-corrected chi connectivity index (χ4v) is 1.34. The van der Waals surface area contributed by atoms with Gasteiger partial charge >= 0.3 is 5.97 Å². The molecule has 0 spiro atoms. The van der Waals surface area contributed by atoms with Gasteiger partial charge in [0.2, 0.25) is 0 Å². The van der Waals surface area contributed by atoms with E-state index in [1.807, 2.05) is 0 Å². The Morgan fingerprint density at radius 3 is 2.67 bits per heavy atom. The second-order valence-corrected chi connectivity index (χ2v) is 3.57. The molecule has 4 heteroatoms. The van der Waals surface area contributed by atoms with Crippen LogP contribution in [0.2, 0.25) is 0 Å². The minimum Gasteiger partial charge on any atom is -0.507 e. The first-order chi connectivity index (χ1) is 8.54. The summed E-state index contributed by atoms with van der Waals surface area (Å²) in [4.78, 5) is 22.1. The molecule has 0 aliphatic carbocycles. The molecule has 18 heavy (non-hydrogen) atoms. The molecule has 1 rings (SSSR count). The Bertz CT molecular complexity index is 520. The molecule has 1 N–H and O–H groups in total. The number of carbonyl (C=O) groups is 2. The molecule has 0 saturated carbocycles. The molecule has 0 atom stereocenters. The molecule has 0 bridgehead atoms. The highest BCUT2D eigenvalue weighted by Crippen LogP contribution is 2.18. The van der Waals surface area contributed by atoms with E-state index in [1.165, 1.54) is 19.1 Å². The third-order valence-corrected chi connectivity index (χ3v) is 2.15. The number of hydrogen-bond acceptors (Lipinski definition) is 4. The van der Waals surface area contributed by atoms with Crippen molar-refractivity contribution in [2.45, 2.75) is 20.3 Å². The predicted octanol–water partition coefficient (Wildman–Crippen LogP) is 1.90. The van der Waals surface area contributed by atoms with Crippen molar-refractivity contribution in [1.29, 1.82) is 0 Å². The maximum Gasteiger partial charge on any atom is 0.317 e. The summed E-state index contributed by atoms with van der Waals surface area (Å²) in [5.41, 5.74) is 0.799. The van der Waals surface area contributed by atoms with Gasteiger partial charge in [-0.3, -0.25) is 9.59 Å². The molecule has 1 aromatic carbocycles. The first-order valence-electron chi connectivity index (χ1n) is 5.53. The van der Waals surface area contributed by atoms with Crippen LogP contribution in [-0.4, -0.2) is 23.5 Å². The van der Waals surface area contributed by atoms with Gasteiger partial charge in [0.05, 0.1) is 12.2 Å². The monoisotopic (exact) mass is 246 g/mol. The second kappa shape index (κ2) is 6.45. The van der Waals surface area contributed by atoms with E-state index >= 15 is 0 Å². The molecule has 0 aliphatic rings. The highest BCUT2D eigenvalue weighted by molar-refractivity contribution is 5.96. The van der Waals surface area contributed by atoms with Gasteiger partial charge in [-0.2, -0.15) is 0 Å². The quantitative estimate of drug-likeness (QED) is 0.502. The first kappa shape index (κ1) is 13.8. The molecule has 0 heterocycles. The van der Waals surface area contributed by atoms with Crippen molar-refractivity contribution in [1.82, 2.24) is 0 Å². The third kappa shape index (κ3) is 3.95. The Hall–Kier alpha value is -2.28. The van der Waals surface area contributed by atoms with Crippen molar-refractivity contribution >= 4 is 11.8 Å². The standard InChI is InChI=1S/C14H14O4/c1-3-18-14(17)6-4-5-11-7-8-12(10(2)15)13(16)9-11/h7-9,16H,3,6H2,1-2H3. The summed E-state index contributed by atoms with van der Waals surface area (Å²) >= 11 is 0. The number of phenolic OH excluding ortho intramolecular Hbond substituents is 1. The van der Waals surface area contributed by atoms with Crippen molar-refractivity contribution in [2.24, 2.45) is 0 Å². The lowest BCUT2D eigenvalue weighted by Crippen LogP contribution is -2.01. The van der Waals surface area contributed by atoms with E-state index in [2.05, 4.69) is 11.8 Å². The molecule has 0 aliphatic heterocycles. The van der Waals surface area contributed by atoms with Gasteiger partial charge in [-0.05, 0) is 32.0 Å². The molecule has 1 aromatic rings. The fourth-order valence-electron chi connectivity index (χ4n) is 1.34. The van der Waals surface area contributed by atoms with Crippen LogP contribution in [0.15, 0.2) is 18.2 Å². The Morgan fingerprint density at radius 1 is 1.39 bits per heavy atom. The van der Waals surface area contributed by atoms with Crippen LogP contribution >= 0.6 is 0 Å². The lowest BCUT2D eigenvalue weighted by Gasteiger charge is -2.00. The summed E-state index contributed by atoms with van der Waals surface area (Å²) in [6.07, 6.45) is 0.00304. The van der Waals surface area contributed by atoms with Crippen molar-refractivity contribution in [2.75, 3.05) is 6.61 Å². The summed E-state index contributed by atoms with van der Waals surface area (Å²) in [7, 11) is 0.